The summed E-state index contributed by atoms with van der Waals surface area (Å²) in [6, 6.07) is 9.64. The number of hydrogen-bond acceptors (Lipinski definition) is 4. The number of anilines is 1. The highest BCUT2D eigenvalue weighted by atomic mass is 79.9. The molecule has 0 aliphatic heterocycles. The summed E-state index contributed by atoms with van der Waals surface area (Å²) in [6.07, 6.45) is 1.53. The molecule has 0 aliphatic rings. The number of nitrogens with zero attached hydrogens (tertiary/aromatic N) is 1. The summed E-state index contributed by atoms with van der Waals surface area (Å²) in [5.74, 6) is -0.894. The average molecular weight is 351 g/mol. The number of carbonyl (C=O) groups excluding carboxylic acids is 1. The number of hydrogen-bond donors (Lipinski definition) is 2. The molecule has 0 radical (unpaired) electrons. The Hall–Kier alpha value is -2.41. The number of rotatable bonds is 5. The third-order valence-electron chi connectivity index (χ3n) is 2.46. The van der Waals surface area contributed by atoms with Crippen molar-refractivity contribution in [2.24, 2.45) is 0 Å². The number of amides is 1. The van der Waals surface area contributed by atoms with Crippen molar-refractivity contribution in [2.45, 2.75) is 0 Å². The van der Waals surface area contributed by atoms with Crippen LogP contribution in [0.3, 0.4) is 0 Å². The topological polar surface area (TPSA) is 88.5 Å². The monoisotopic (exact) mass is 350 g/mol. The molecular weight excluding hydrogens is 340 g/mol. The molecule has 1 heterocycles. The lowest BCUT2D eigenvalue weighted by Gasteiger charge is -2.07. The fourth-order valence-corrected chi connectivity index (χ4v) is 1.89. The molecule has 1 aromatic heterocycles. The van der Waals surface area contributed by atoms with Gasteiger partial charge >= 0.3 is 5.97 Å². The Morgan fingerprint density at radius 2 is 1.95 bits per heavy atom. The zero-order chi connectivity index (χ0) is 15.2. The number of pyridine rings is 1. The number of aliphatic carboxylic acids is 1. The molecule has 108 valence electrons. The molecule has 0 atom stereocenters. The van der Waals surface area contributed by atoms with Crippen LogP contribution in [0, 0.1) is 0 Å². The van der Waals surface area contributed by atoms with Crippen molar-refractivity contribution < 1.29 is 19.4 Å². The molecule has 6 nitrogen and oxygen atoms in total. The Morgan fingerprint density at radius 1 is 1.24 bits per heavy atom. The van der Waals surface area contributed by atoms with Crippen molar-refractivity contribution in [2.75, 3.05) is 11.9 Å². The van der Waals surface area contributed by atoms with Crippen molar-refractivity contribution in [3.05, 3.63) is 52.8 Å². The first-order valence-corrected chi connectivity index (χ1v) is 6.71. The predicted octanol–water partition coefficient (Wildman–Crippen LogP) is 2.56. The lowest BCUT2D eigenvalue weighted by molar-refractivity contribution is -0.139. The van der Waals surface area contributed by atoms with Gasteiger partial charge < -0.3 is 15.2 Å². The number of aromatic nitrogens is 1. The Bertz CT molecular complexity index is 658. The summed E-state index contributed by atoms with van der Waals surface area (Å²) in [7, 11) is 0. The van der Waals surface area contributed by atoms with Gasteiger partial charge in [-0.05, 0) is 52.3 Å². The smallest absolute Gasteiger partial charge is 0.341 e. The number of carbonyl (C=O) groups is 2. The van der Waals surface area contributed by atoms with Crippen LogP contribution in [0.15, 0.2) is 47.2 Å². The second-order valence-corrected chi connectivity index (χ2v) is 4.84. The van der Waals surface area contributed by atoms with Gasteiger partial charge in [0.1, 0.15) is 10.4 Å². The minimum absolute atomic E-state index is 0.266. The molecule has 2 N–H and O–H groups in total. The average Bonchev–Trinajstić information content (AvgIpc) is 2.46. The molecule has 21 heavy (non-hydrogen) atoms. The van der Waals surface area contributed by atoms with Gasteiger partial charge in [0.05, 0.1) is 0 Å². The van der Waals surface area contributed by atoms with Gasteiger partial charge in [-0.3, -0.25) is 4.79 Å². The van der Waals surface area contributed by atoms with E-state index in [-0.39, 0.29) is 5.91 Å². The van der Waals surface area contributed by atoms with E-state index in [1.807, 2.05) is 0 Å². The number of ether oxygens (including phenoxy) is 1. The molecule has 7 heteroatoms. The first-order chi connectivity index (χ1) is 10.0. The summed E-state index contributed by atoms with van der Waals surface area (Å²) in [5, 5.41) is 11.2. The summed E-state index contributed by atoms with van der Waals surface area (Å²) < 4.78 is 5.58. The maximum atomic E-state index is 12.0. The fraction of sp³-hybridized carbons (Fsp3) is 0.0714. The van der Waals surface area contributed by atoms with Crippen molar-refractivity contribution in [3.8, 4) is 5.75 Å². The van der Waals surface area contributed by atoms with E-state index in [4.69, 9.17) is 9.84 Å². The third-order valence-corrected chi connectivity index (χ3v) is 2.90. The van der Waals surface area contributed by atoms with Crippen molar-refractivity contribution in [3.63, 3.8) is 0 Å². The van der Waals surface area contributed by atoms with Crippen LogP contribution in [-0.2, 0) is 4.79 Å². The van der Waals surface area contributed by atoms with Crippen LogP contribution in [0.4, 0.5) is 5.69 Å². The highest BCUT2D eigenvalue weighted by Crippen LogP contribution is 2.17. The fourth-order valence-electron chi connectivity index (χ4n) is 1.53. The van der Waals surface area contributed by atoms with Gasteiger partial charge in [-0.2, -0.15) is 0 Å². The molecule has 2 aromatic rings. The maximum Gasteiger partial charge on any atom is 0.341 e. The van der Waals surface area contributed by atoms with E-state index in [1.165, 1.54) is 6.20 Å². The van der Waals surface area contributed by atoms with Gasteiger partial charge in [0.25, 0.3) is 5.91 Å². The zero-order valence-corrected chi connectivity index (χ0v) is 12.3. The Morgan fingerprint density at radius 3 is 2.57 bits per heavy atom. The molecular formula is C14H11BrN2O4. The number of carboxylic acid groups (broad SMARTS) is 1. The van der Waals surface area contributed by atoms with Gasteiger partial charge in [0, 0.05) is 17.4 Å². The second kappa shape index (κ2) is 6.85. The Balaban J connectivity index is 2.00. The van der Waals surface area contributed by atoms with Crippen LogP contribution in [0.1, 0.15) is 10.4 Å². The van der Waals surface area contributed by atoms with E-state index in [0.29, 0.717) is 21.6 Å². The first kappa shape index (κ1) is 15.0. The van der Waals surface area contributed by atoms with Crippen LogP contribution in [0.5, 0.6) is 5.75 Å². The zero-order valence-electron chi connectivity index (χ0n) is 10.7. The molecule has 0 aliphatic carbocycles. The van der Waals surface area contributed by atoms with Crippen molar-refractivity contribution >= 4 is 33.5 Å². The van der Waals surface area contributed by atoms with Gasteiger partial charge in [0.2, 0.25) is 0 Å². The highest BCUT2D eigenvalue weighted by Gasteiger charge is 2.07. The number of benzene rings is 1. The third kappa shape index (κ3) is 4.57. The van der Waals surface area contributed by atoms with E-state index < -0.39 is 12.6 Å². The first-order valence-electron chi connectivity index (χ1n) is 5.92. The van der Waals surface area contributed by atoms with E-state index in [1.54, 1.807) is 36.4 Å². The summed E-state index contributed by atoms with van der Waals surface area (Å²) in [4.78, 5) is 26.3. The minimum atomic E-state index is -1.05. The van der Waals surface area contributed by atoms with Crippen LogP contribution in [0.2, 0.25) is 0 Å². The quantitative estimate of drug-likeness (QED) is 0.809. The molecule has 0 saturated heterocycles. The second-order valence-electron chi connectivity index (χ2n) is 4.03. The molecule has 1 aromatic carbocycles. The molecule has 0 saturated carbocycles. The van der Waals surface area contributed by atoms with Crippen molar-refractivity contribution in [1.82, 2.24) is 4.98 Å². The number of nitrogens with one attached hydrogen (secondary N) is 1. The van der Waals surface area contributed by atoms with E-state index in [2.05, 4.69) is 26.2 Å². The number of carboxylic acids is 1. The van der Waals surface area contributed by atoms with E-state index in [0.717, 1.165) is 0 Å². The lowest BCUT2D eigenvalue weighted by Crippen LogP contribution is -2.12. The summed E-state index contributed by atoms with van der Waals surface area (Å²) in [6.45, 7) is -0.406. The molecule has 0 unspecified atom stereocenters. The molecule has 0 fully saturated rings. The Kier molecular flexibility index (Phi) is 4.89. The van der Waals surface area contributed by atoms with Gasteiger partial charge in [-0.15, -0.1) is 0 Å². The molecule has 1 amide bonds. The maximum absolute atomic E-state index is 12.0. The minimum Gasteiger partial charge on any atom is -0.482 e. The lowest BCUT2D eigenvalue weighted by atomic mass is 10.2. The molecule has 2 rings (SSSR count). The highest BCUT2D eigenvalue weighted by molar-refractivity contribution is 9.10. The van der Waals surface area contributed by atoms with Gasteiger partial charge in [-0.25, -0.2) is 9.78 Å². The van der Waals surface area contributed by atoms with Crippen LogP contribution >= 0.6 is 15.9 Å². The van der Waals surface area contributed by atoms with Gasteiger partial charge in [-0.1, -0.05) is 0 Å². The van der Waals surface area contributed by atoms with Crippen LogP contribution < -0.4 is 10.1 Å². The largest absolute Gasteiger partial charge is 0.482 e. The summed E-state index contributed by atoms with van der Waals surface area (Å²) >= 11 is 3.20. The van der Waals surface area contributed by atoms with Crippen molar-refractivity contribution in [1.29, 1.82) is 0 Å². The summed E-state index contributed by atoms with van der Waals surface area (Å²) in [5.41, 5.74) is 1.05. The van der Waals surface area contributed by atoms with E-state index >= 15 is 0 Å². The normalized spacial score (nSPS) is 9.95. The Labute approximate surface area is 128 Å². The standard InChI is InChI=1S/C14H11BrN2O4/c15-12-7-9(5-6-16-12)14(20)17-10-1-3-11(4-2-10)21-8-13(18)19/h1-7H,8H2,(H,17,20)(H,18,19). The SMILES string of the molecule is O=C(O)COc1ccc(NC(=O)c2ccnc(Br)c2)cc1. The van der Waals surface area contributed by atoms with Crippen LogP contribution in [-0.4, -0.2) is 28.6 Å². The van der Waals surface area contributed by atoms with Gasteiger partial charge in [0.15, 0.2) is 6.61 Å². The van der Waals surface area contributed by atoms with Crippen LogP contribution in [0.25, 0.3) is 0 Å². The molecule has 0 bridgehead atoms. The molecule has 0 spiro atoms. The predicted molar refractivity (Wildman–Crippen MR) is 79.5 cm³/mol. The number of halogens is 1. The van der Waals surface area contributed by atoms with E-state index in [9.17, 15) is 9.59 Å².